The van der Waals surface area contributed by atoms with Gasteiger partial charge in [0.2, 0.25) is 11.7 Å². The van der Waals surface area contributed by atoms with Crippen molar-refractivity contribution < 1.29 is 9.26 Å². The Hall–Kier alpha value is -1.88. The second-order valence-electron chi connectivity index (χ2n) is 4.90. The predicted octanol–water partition coefficient (Wildman–Crippen LogP) is 4.80. The maximum absolute atomic E-state index is 6.14. The highest BCUT2D eigenvalue weighted by Gasteiger charge is 2.15. The van der Waals surface area contributed by atoms with Crippen LogP contribution in [-0.4, -0.2) is 16.7 Å². The minimum atomic E-state index is 0.388. The van der Waals surface area contributed by atoms with Crippen LogP contribution in [0.3, 0.4) is 0 Å². The Labute approximate surface area is 144 Å². The molecule has 2 aromatic carbocycles. The van der Waals surface area contributed by atoms with Gasteiger partial charge >= 0.3 is 0 Å². The van der Waals surface area contributed by atoms with E-state index < -0.39 is 0 Å². The first-order chi connectivity index (χ1) is 11.2. The van der Waals surface area contributed by atoms with Crippen molar-refractivity contribution in [3.8, 4) is 11.4 Å². The first kappa shape index (κ1) is 16.0. The quantitative estimate of drug-likeness (QED) is 0.600. The third kappa shape index (κ3) is 4.10. The zero-order chi connectivity index (χ0) is 16.1. The lowest BCUT2D eigenvalue weighted by atomic mass is 10.2. The summed E-state index contributed by atoms with van der Waals surface area (Å²) in [6.07, 6.45) is 0.530. The van der Waals surface area contributed by atoms with E-state index in [1.807, 2.05) is 30.3 Å². The topological polar surface area (TPSA) is 48.2 Å². The van der Waals surface area contributed by atoms with E-state index in [9.17, 15) is 0 Å². The molecular weight excluding hydrogens is 335 g/mol. The standard InChI is InChI=1S/C17H14Cl2N2O2/c18-13-7-4-8-14(19)16(13)17-20-15(23-21-17)9-10-22-11-12-5-2-1-3-6-12/h1-8H,9-11H2. The molecule has 0 atom stereocenters. The lowest BCUT2D eigenvalue weighted by Crippen LogP contribution is -1.99. The third-order valence-corrected chi connectivity index (χ3v) is 3.86. The Morgan fingerprint density at radius 2 is 1.70 bits per heavy atom. The highest BCUT2D eigenvalue weighted by atomic mass is 35.5. The normalized spacial score (nSPS) is 10.9. The SMILES string of the molecule is Clc1cccc(Cl)c1-c1noc(CCOCc2ccccc2)n1. The van der Waals surface area contributed by atoms with Gasteiger partial charge in [-0.25, -0.2) is 0 Å². The van der Waals surface area contributed by atoms with Gasteiger partial charge in [-0.15, -0.1) is 0 Å². The Morgan fingerprint density at radius 3 is 2.43 bits per heavy atom. The summed E-state index contributed by atoms with van der Waals surface area (Å²) in [7, 11) is 0. The molecule has 0 saturated carbocycles. The van der Waals surface area contributed by atoms with Gasteiger partial charge in [0, 0.05) is 0 Å². The van der Waals surface area contributed by atoms with Crippen molar-refractivity contribution >= 4 is 23.2 Å². The largest absolute Gasteiger partial charge is 0.376 e. The van der Waals surface area contributed by atoms with Crippen LogP contribution in [0.2, 0.25) is 10.0 Å². The maximum atomic E-state index is 6.14. The van der Waals surface area contributed by atoms with Crippen LogP contribution in [0.25, 0.3) is 11.4 Å². The molecule has 0 N–H and O–H groups in total. The number of hydrogen-bond acceptors (Lipinski definition) is 4. The van der Waals surface area contributed by atoms with Crippen LogP contribution >= 0.6 is 23.2 Å². The van der Waals surface area contributed by atoms with Gasteiger partial charge in [-0.1, -0.05) is 64.8 Å². The van der Waals surface area contributed by atoms with Crippen molar-refractivity contribution in [3.05, 3.63) is 70.0 Å². The smallest absolute Gasteiger partial charge is 0.229 e. The minimum absolute atomic E-state index is 0.388. The van der Waals surface area contributed by atoms with Crippen molar-refractivity contribution in [2.24, 2.45) is 0 Å². The third-order valence-electron chi connectivity index (χ3n) is 3.23. The van der Waals surface area contributed by atoms with Crippen molar-refractivity contribution in [2.45, 2.75) is 13.0 Å². The van der Waals surface area contributed by atoms with Crippen LogP contribution < -0.4 is 0 Å². The van der Waals surface area contributed by atoms with Crippen molar-refractivity contribution in [1.82, 2.24) is 10.1 Å². The van der Waals surface area contributed by atoms with E-state index in [0.29, 0.717) is 47.0 Å². The Balaban J connectivity index is 1.58. The van der Waals surface area contributed by atoms with Crippen LogP contribution in [0.4, 0.5) is 0 Å². The molecule has 0 bridgehead atoms. The van der Waals surface area contributed by atoms with Gasteiger partial charge in [0.05, 0.1) is 35.2 Å². The average molecular weight is 349 g/mol. The highest BCUT2D eigenvalue weighted by molar-refractivity contribution is 6.38. The van der Waals surface area contributed by atoms with Gasteiger partial charge in [-0.05, 0) is 17.7 Å². The summed E-state index contributed by atoms with van der Waals surface area (Å²) in [5.74, 6) is 0.878. The average Bonchev–Trinajstić information content (AvgIpc) is 3.01. The van der Waals surface area contributed by atoms with Gasteiger partial charge in [0.25, 0.3) is 0 Å². The predicted molar refractivity (Wildman–Crippen MR) is 89.6 cm³/mol. The molecule has 0 saturated heterocycles. The van der Waals surface area contributed by atoms with Crippen LogP contribution in [0, 0.1) is 0 Å². The Bertz CT molecular complexity index is 755. The Morgan fingerprint density at radius 1 is 0.957 bits per heavy atom. The summed E-state index contributed by atoms with van der Waals surface area (Å²) in [4.78, 5) is 4.32. The van der Waals surface area contributed by atoms with E-state index >= 15 is 0 Å². The Kier molecular flexibility index (Phi) is 5.28. The molecule has 118 valence electrons. The summed E-state index contributed by atoms with van der Waals surface area (Å²) in [6, 6.07) is 15.2. The number of ether oxygens (including phenoxy) is 1. The highest BCUT2D eigenvalue weighted by Crippen LogP contribution is 2.32. The lowest BCUT2D eigenvalue weighted by molar-refractivity contribution is 0.118. The molecule has 1 aromatic heterocycles. The fraction of sp³-hybridized carbons (Fsp3) is 0.176. The van der Waals surface area contributed by atoms with E-state index in [0.717, 1.165) is 5.56 Å². The van der Waals surface area contributed by atoms with Crippen LogP contribution in [0.5, 0.6) is 0 Å². The molecule has 1 heterocycles. The molecule has 3 aromatic rings. The molecule has 0 aliphatic rings. The molecule has 0 spiro atoms. The summed E-state index contributed by atoms with van der Waals surface area (Å²) in [5.41, 5.74) is 1.71. The van der Waals surface area contributed by atoms with Gasteiger partial charge in [0.1, 0.15) is 0 Å². The summed E-state index contributed by atoms with van der Waals surface area (Å²) in [5, 5.41) is 4.92. The number of halogens is 2. The summed E-state index contributed by atoms with van der Waals surface area (Å²) >= 11 is 12.3. The van der Waals surface area contributed by atoms with Crippen LogP contribution in [-0.2, 0) is 17.8 Å². The number of nitrogens with zero attached hydrogens (tertiary/aromatic N) is 2. The molecule has 0 aliphatic carbocycles. The van der Waals surface area contributed by atoms with E-state index in [2.05, 4.69) is 10.1 Å². The van der Waals surface area contributed by atoms with Crippen molar-refractivity contribution in [3.63, 3.8) is 0 Å². The second kappa shape index (κ2) is 7.59. The van der Waals surface area contributed by atoms with Gasteiger partial charge in [-0.2, -0.15) is 4.98 Å². The van der Waals surface area contributed by atoms with Gasteiger partial charge in [0.15, 0.2) is 0 Å². The monoisotopic (exact) mass is 348 g/mol. The number of hydrogen-bond donors (Lipinski definition) is 0. The van der Waals surface area contributed by atoms with Gasteiger partial charge < -0.3 is 9.26 Å². The summed E-state index contributed by atoms with van der Waals surface area (Å²) in [6.45, 7) is 1.05. The molecule has 0 amide bonds. The molecule has 3 rings (SSSR count). The molecule has 0 aliphatic heterocycles. The zero-order valence-corrected chi connectivity index (χ0v) is 13.7. The molecule has 0 unspecified atom stereocenters. The molecular formula is C17H14Cl2N2O2. The molecule has 4 nitrogen and oxygen atoms in total. The summed E-state index contributed by atoms with van der Waals surface area (Å²) < 4.78 is 10.8. The lowest BCUT2D eigenvalue weighted by Gasteiger charge is -2.02. The first-order valence-electron chi connectivity index (χ1n) is 7.12. The molecule has 0 fully saturated rings. The fourth-order valence-electron chi connectivity index (χ4n) is 2.09. The number of aromatic nitrogens is 2. The van der Waals surface area contributed by atoms with E-state index in [4.69, 9.17) is 32.5 Å². The molecule has 23 heavy (non-hydrogen) atoms. The van der Waals surface area contributed by atoms with Crippen molar-refractivity contribution in [1.29, 1.82) is 0 Å². The van der Waals surface area contributed by atoms with E-state index in [1.165, 1.54) is 0 Å². The minimum Gasteiger partial charge on any atom is -0.376 e. The van der Waals surface area contributed by atoms with Crippen LogP contribution in [0.1, 0.15) is 11.5 Å². The van der Waals surface area contributed by atoms with E-state index in [-0.39, 0.29) is 0 Å². The first-order valence-corrected chi connectivity index (χ1v) is 7.88. The van der Waals surface area contributed by atoms with E-state index in [1.54, 1.807) is 18.2 Å². The second-order valence-corrected chi connectivity index (χ2v) is 5.71. The number of rotatable bonds is 6. The van der Waals surface area contributed by atoms with Crippen molar-refractivity contribution in [2.75, 3.05) is 6.61 Å². The maximum Gasteiger partial charge on any atom is 0.229 e. The zero-order valence-electron chi connectivity index (χ0n) is 12.2. The molecule has 0 radical (unpaired) electrons. The number of benzene rings is 2. The molecule has 6 heteroatoms. The van der Waals surface area contributed by atoms with Crippen LogP contribution in [0.15, 0.2) is 53.1 Å². The fourth-order valence-corrected chi connectivity index (χ4v) is 2.66. The van der Waals surface area contributed by atoms with Gasteiger partial charge in [-0.3, -0.25) is 0 Å².